The summed E-state index contributed by atoms with van der Waals surface area (Å²) < 4.78 is 10.6. The van der Waals surface area contributed by atoms with Gasteiger partial charge in [0, 0.05) is 47.7 Å². The van der Waals surface area contributed by atoms with Crippen LogP contribution in [0.2, 0.25) is 0 Å². The molecule has 1 aliphatic carbocycles. The summed E-state index contributed by atoms with van der Waals surface area (Å²) in [5.41, 5.74) is 3.34. The Morgan fingerprint density at radius 1 is 0.939 bits per heavy atom. The second-order valence-electron chi connectivity index (χ2n) is 8.21. The molecule has 2 aromatic carbocycles. The lowest BCUT2D eigenvalue weighted by Crippen LogP contribution is -2.23. The largest absolute Gasteiger partial charge is 0.497 e. The quantitative estimate of drug-likeness (QED) is 0.515. The first-order valence-corrected chi connectivity index (χ1v) is 11.3. The molecule has 0 bridgehead atoms. The van der Waals surface area contributed by atoms with Crippen molar-refractivity contribution in [2.75, 3.05) is 19.5 Å². The normalized spacial score (nSPS) is 13.9. The number of rotatable bonds is 8. The Morgan fingerprint density at radius 3 is 2.33 bits per heavy atom. The molecular weight excluding hydrogens is 416 g/mol. The molecule has 172 valence electrons. The predicted molar refractivity (Wildman–Crippen MR) is 129 cm³/mol. The van der Waals surface area contributed by atoms with Crippen LogP contribution in [0.5, 0.6) is 11.5 Å². The van der Waals surface area contributed by atoms with Gasteiger partial charge in [-0.25, -0.2) is 9.97 Å². The van der Waals surface area contributed by atoms with Gasteiger partial charge in [0.1, 0.15) is 11.5 Å². The minimum Gasteiger partial charge on any atom is -0.497 e. The first-order valence-electron chi connectivity index (χ1n) is 11.3. The van der Waals surface area contributed by atoms with E-state index in [2.05, 4.69) is 20.6 Å². The minimum absolute atomic E-state index is 0.150. The molecule has 1 heterocycles. The van der Waals surface area contributed by atoms with E-state index in [0.29, 0.717) is 35.6 Å². The van der Waals surface area contributed by atoms with Gasteiger partial charge < -0.3 is 20.1 Å². The molecule has 3 aromatic rings. The third kappa shape index (κ3) is 5.80. The van der Waals surface area contributed by atoms with E-state index in [-0.39, 0.29) is 5.91 Å². The Kier molecular flexibility index (Phi) is 7.40. The number of anilines is 1. The number of benzene rings is 2. The van der Waals surface area contributed by atoms with Gasteiger partial charge in [0.25, 0.3) is 5.91 Å². The monoisotopic (exact) mass is 446 g/mol. The number of nitrogens with one attached hydrogen (secondary N) is 2. The molecule has 33 heavy (non-hydrogen) atoms. The number of aromatic nitrogens is 2. The van der Waals surface area contributed by atoms with Crippen molar-refractivity contribution in [1.82, 2.24) is 15.3 Å². The van der Waals surface area contributed by atoms with E-state index in [1.807, 2.05) is 48.8 Å². The molecule has 0 spiro atoms. The Balaban J connectivity index is 1.35. The predicted octanol–water partition coefficient (Wildman–Crippen LogP) is 4.84. The molecule has 2 N–H and O–H groups in total. The summed E-state index contributed by atoms with van der Waals surface area (Å²) in [5.74, 6) is 1.91. The fraction of sp³-hybridized carbons (Fsp3) is 0.346. The van der Waals surface area contributed by atoms with Crippen molar-refractivity contribution in [1.29, 1.82) is 0 Å². The smallest absolute Gasteiger partial charge is 0.251 e. The van der Waals surface area contributed by atoms with Crippen LogP contribution in [0.4, 0.5) is 5.95 Å². The molecule has 0 radical (unpaired) electrons. The van der Waals surface area contributed by atoms with Crippen LogP contribution in [-0.2, 0) is 6.54 Å². The van der Waals surface area contributed by atoms with Crippen LogP contribution in [-0.4, -0.2) is 36.1 Å². The molecule has 7 heteroatoms. The third-order valence-corrected chi connectivity index (χ3v) is 6.00. The van der Waals surface area contributed by atoms with Gasteiger partial charge in [0.2, 0.25) is 5.95 Å². The number of hydrogen-bond donors (Lipinski definition) is 2. The molecule has 1 aliphatic rings. The van der Waals surface area contributed by atoms with Gasteiger partial charge in [-0.1, -0.05) is 31.4 Å². The lowest BCUT2D eigenvalue weighted by molar-refractivity contribution is 0.0950. The summed E-state index contributed by atoms with van der Waals surface area (Å²) in [5, 5.41) is 6.37. The highest BCUT2D eigenvalue weighted by molar-refractivity contribution is 5.94. The molecule has 0 saturated heterocycles. The zero-order chi connectivity index (χ0) is 23.0. The van der Waals surface area contributed by atoms with Crippen molar-refractivity contribution in [3.05, 3.63) is 66.0 Å². The minimum atomic E-state index is -0.150. The van der Waals surface area contributed by atoms with Gasteiger partial charge in [-0.3, -0.25) is 4.79 Å². The van der Waals surface area contributed by atoms with Gasteiger partial charge in [-0.05, 0) is 42.7 Å². The number of nitrogens with zero attached hydrogens (tertiary/aromatic N) is 2. The fourth-order valence-corrected chi connectivity index (χ4v) is 4.07. The summed E-state index contributed by atoms with van der Waals surface area (Å²) in [6, 6.07) is 13.4. The summed E-state index contributed by atoms with van der Waals surface area (Å²) >= 11 is 0. The average Bonchev–Trinajstić information content (AvgIpc) is 2.88. The standard InChI is InChI=1S/C26H30N4O3/c1-32-23-13-12-20(24(14-23)33-2)15-27-25(31)19-10-8-18(9-11-19)21-16-28-26(29-17-21)30-22-6-4-3-5-7-22/h8-14,16-17,22H,3-7,15H2,1-2H3,(H,27,31)(H,28,29,30). The zero-order valence-corrected chi connectivity index (χ0v) is 19.1. The summed E-state index contributed by atoms with van der Waals surface area (Å²) in [6.45, 7) is 0.358. The molecule has 0 atom stereocenters. The highest BCUT2D eigenvalue weighted by Crippen LogP contribution is 2.25. The maximum absolute atomic E-state index is 12.6. The first kappa shape index (κ1) is 22.6. The number of amides is 1. The molecule has 0 aliphatic heterocycles. The van der Waals surface area contributed by atoms with E-state index >= 15 is 0 Å². The lowest BCUT2D eigenvalue weighted by atomic mass is 9.96. The topological polar surface area (TPSA) is 85.4 Å². The second kappa shape index (κ2) is 10.8. The van der Waals surface area contributed by atoms with Gasteiger partial charge in [-0.2, -0.15) is 0 Å². The van der Waals surface area contributed by atoms with E-state index < -0.39 is 0 Å². The van der Waals surface area contributed by atoms with Crippen molar-refractivity contribution < 1.29 is 14.3 Å². The lowest BCUT2D eigenvalue weighted by Gasteiger charge is -2.22. The van der Waals surface area contributed by atoms with Crippen molar-refractivity contribution in [3.63, 3.8) is 0 Å². The van der Waals surface area contributed by atoms with E-state index in [9.17, 15) is 4.79 Å². The molecule has 1 saturated carbocycles. The van der Waals surface area contributed by atoms with Crippen LogP contribution in [0.1, 0.15) is 48.0 Å². The van der Waals surface area contributed by atoms with Crippen LogP contribution in [0, 0.1) is 0 Å². The maximum atomic E-state index is 12.6. The number of carbonyl (C=O) groups is 1. The summed E-state index contributed by atoms with van der Waals surface area (Å²) in [6.07, 6.45) is 9.86. The number of carbonyl (C=O) groups excluding carboxylic acids is 1. The molecular formula is C26H30N4O3. The van der Waals surface area contributed by atoms with Crippen LogP contribution >= 0.6 is 0 Å². The Hall–Kier alpha value is -3.61. The van der Waals surface area contributed by atoms with Crippen LogP contribution in [0.3, 0.4) is 0 Å². The van der Waals surface area contributed by atoms with Crippen LogP contribution in [0.15, 0.2) is 54.9 Å². The summed E-state index contributed by atoms with van der Waals surface area (Å²) in [4.78, 5) is 21.6. The van der Waals surface area contributed by atoms with E-state index in [1.54, 1.807) is 20.3 Å². The van der Waals surface area contributed by atoms with E-state index in [0.717, 1.165) is 16.7 Å². The molecule has 1 amide bonds. The highest BCUT2D eigenvalue weighted by Gasteiger charge is 2.14. The van der Waals surface area contributed by atoms with Crippen molar-refractivity contribution in [3.8, 4) is 22.6 Å². The van der Waals surface area contributed by atoms with Gasteiger partial charge in [-0.15, -0.1) is 0 Å². The van der Waals surface area contributed by atoms with E-state index in [4.69, 9.17) is 9.47 Å². The van der Waals surface area contributed by atoms with Gasteiger partial charge in [0.15, 0.2) is 0 Å². The third-order valence-electron chi connectivity index (χ3n) is 6.00. The summed E-state index contributed by atoms with van der Waals surface area (Å²) in [7, 11) is 3.20. The fourth-order valence-electron chi connectivity index (χ4n) is 4.07. The zero-order valence-electron chi connectivity index (χ0n) is 19.1. The second-order valence-corrected chi connectivity index (χ2v) is 8.21. The van der Waals surface area contributed by atoms with Crippen LogP contribution in [0.25, 0.3) is 11.1 Å². The molecule has 1 fully saturated rings. The number of methoxy groups -OCH3 is 2. The maximum Gasteiger partial charge on any atom is 0.251 e. The Bertz CT molecular complexity index is 1060. The SMILES string of the molecule is COc1ccc(CNC(=O)c2ccc(-c3cnc(NC4CCCCC4)nc3)cc2)c(OC)c1. The van der Waals surface area contributed by atoms with Crippen LogP contribution < -0.4 is 20.1 Å². The molecule has 1 aromatic heterocycles. The Labute approximate surface area is 194 Å². The van der Waals surface area contributed by atoms with Gasteiger partial charge >= 0.3 is 0 Å². The van der Waals surface area contributed by atoms with E-state index in [1.165, 1.54) is 32.1 Å². The first-order chi connectivity index (χ1) is 16.2. The highest BCUT2D eigenvalue weighted by atomic mass is 16.5. The number of ether oxygens (including phenoxy) is 2. The molecule has 7 nitrogen and oxygen atoms in total. The van der Waals surface area contributed by atoms with Crippen molar-refractivity contribution in [2.45, 2.75) is 44.7 Å². The average molecular weight is 447 g/mol. The van der Waals surface area contributed by atoms with Gasteiger partial charge in [0.05, 0.1) is 14.2 Å². The Morgan fingerprint density at radius 2 is 1.67 bits per heavy atom. The number of hydrogen-bond acceptors (Lipinski definition) is 6. The molecule has 4 rings (SSSR count). The van der Waals surface area contributed by atoms with Crippen molar-refractivity contribution in [2.24, 2.45) is 0 Å². The molecule has 0 unspecified atom stereocenters. The van der Waals surface area contributed by atoms with Crippen molar-refractivity contribution >= 4 is 11.9 Å².